The van der Waals surface area contributed by atoms with Crippen LogP contribution in [-0.2, 0) is 4.79 Å². The lowest BCUT2D eigenvalue weighted by atomic mass is 9.89. The first-order chi connectivity index (χ1) is 9.91. The number of halogens is 1. The molecule has 5 nitrogen and oxygen atoms in total. The van der Waals surface area contributed by atoms with Crippen molar-refractivity contribution >= 4 is 27.7 Å². The van der Waals surface area contributed by atoms with Crippen LogP contribution in [0, 0.1) is 5.41 Å². The molecule has 1 aliphatic rings. The summed E-state index contributed by atoms with van der Waals surface area (Å²) in [5.74, 6) is 0.399. The highest BCUT2D eigenvalue weighted by Gasteiger charge is 2.42. The van der Waals surface area contributed by atoms with Gasteiger partial charge in [0.25, 0.3) is 5.91 Å². The Bertz CT molecular complexity index is 576. The second-order valence-electron chi connectivity index (χ2n) is 5.46. The molecule has 1 heterocycles. The molecule has 1 aromatic rings. The SMILES string of the molecule is CNC(=O)C1(C)CCN(C(=O)c2ccc(Br)cc2OC)C1. The van der Waals surface area contributed by atoms with E-state index in [1.807, 2.05) is 13.0 Å². The molecular formula is C15H19BrN2O3. The van der Waals surface area contributed by atoms with Gasteiger partial charge in [0.05, 0.1) is 18.1 Å². The maximum absolute atomic E-state index is 12.6. The van der Waals surface area contributed by atoms with Crippen molar-refractivity contribution in [3.8, 4) is 5.75 Å². The quantitative estimate of drug-likeness (QED) is 0.903. The van der Waals surface area contributed by atoms with Crippen LogP contribution in [-0.4, -0.2) is 44.0 Å². The average Bonchev–Trinajstić information content (AvgIpc) is 2.89. The fourth-order valence-corrected chi connectivity index (χ4v) is 2.97. The van der Waals surface area contributed by atoms with Gasteiger partial charge in [-0.25, -0.2) is 0 Å². The summed E-state index contributed by atoms with van der Waals surface area (Å²) in [5.41, 5.74) is -0.00522. The van der Waals surface area contributed by atoms with E-state index in [0.717, 1.165) is 4.47 Å². The summed E-state index contributed by atoms with van der Waals surface area (Å²) < 4.78 is 6.12. The lowest BCUT2D eigenvalue weighted by Gasteiger charge is -2.23. The van der Waals surface area contributed by atoms with E-state index in [2.05, 4.69) is 21.2 Å². The number of likely N-dealkylation sites (tertiary alicyclic amines) is 1. The van der Waals surface area contributed by atoms with Crippen LogP contribution in [0.1, 0.15) is 23.7 Å². The fraction of sp³-hybridized carbons (Fsp3) is 0.467. The van der Waals surface area contributed by atoms with Gasteiger partial charge in [-0.3, -0.25) is 9.59 Å². The summed E-state index contributed by atoms with van der Waals surface area (Å²) in [6, 6.07) is 5.31. The summed E-state index contributed by atoms with van der Waals surface area (Å²) >= 11 is 3.36. The molecule has 1 atom stereocenters. The van der Waals surface area contributed by atoms with Crippen LogP contribution in [0.15, 0.2) is 22.7 Å². The molecule has 0 bridgehead atoms. The van der Waals surface area contributed by atoms with Gasteiger partial charge in [0, 0.05) is 24.6 Å². The second-order valence-corrected chi connectivity index (χ2v) is 6.38. The Balaban J connectivity index is 2.21. The molecule has 0 spiro atoms. The predicted molar refractivity (Wildman–Crippen MR) is 83.4 cm³/mol. The Morgan fingerprint density at radius 3 is 2.76 bits per heavy atom. The number of carbonyl (C=O) groups is 2. The number of benzene rings is 1. The van der Waals surface area contributed by atoms with E-state index in [9.17, 15) is 9.59 Å². The molecule has 21 heavy (non-hydrogen) atoms. The summed E-state index contributed by atoms with van der Waals surface area (Å²) in [7, 11) is 3.16. The van der Waals surface area contributed by atoms with Crippen molar-refractivity contribution in [1.29, 1.82) is 0 Å². The summed E-state index contributed by atoms with van der Waals surface area (Å²) in [5, 5.41) is 2.67. The van der Waals surface area contributed by atoms with Gasteiger partial charge in [-0.05, 0) is 31.5 Å². The Labute approximate surface area is 132 Å². The summed E-state index contributed by atoms with van der Waals surface area (Å²) in [6.07, 6.45) is 0.664. The first-order valence-corrected chi connectivity index (χ1v) is 7.55. The van der Waals surface area contributed by atoms with E-state index in [4.69, 9.17) is 4.74 Å². The van der Waals surface area contributed by atoms with E-state index >= 15 is 0 Å². The number of rotatable bonds is 3. The molecule has 2 rings (SSSR count). The predicted octanol–water partition coefficient (Wildman–Crippen LogP) is 2.06. The van der Waals surface area contributed by atoms with E-state index in [1.54, 1.807) is 24.1 Å². The number of carbonyl (C=O) groups excluding carboxylic acids is 2. The van der Waals surface area contributed by atoms with Crippen molar-refractivity contribution in [3.05, 3.63) is 28.2 Å². The highest BCUT2D eigenvalue weighted by atomic mass is 79.9. The van der Waals surface area contributed by atoms with E-state index in [1.165, 1.54) is 7.11 Å². The van der Waals surface area contributed by atoms with E-state index < -0.39 is 5.41 Å². The maximum atomic E-state index is 12.6. The fourth-order valence-electron chi connectivity index (χ4n) is 2.63. The van der Waals surface area contributed by atoms with Gasteiger partial charge in [-0.2, -0.15) is 0 Å². The van der Waals surface area contributed by atoms with Crippen molar-refractivity contribution in [2.24, 2.45) is 5.41 Å². The zero-order chi connectivity index (χ0) is 15.6. The van der Waals surface area contributed by atoms with Crippen LogP contribution in [0.4, 0.5) is 0 Å². The molecule has 6 heteroatoms. The third-order valence-corrected chi connectivity index (χ3v) is 4.42. The highest BCUT2D eigenvalue weighted by Crippen LogP contribution is 2.33. The number of nitrogens with zero attached hydrogens (tertiary/aromatic N) is 1. The van der Waals surface area contributed by atoms with Crippen LogP contribution in [0.3, 0.4) is 0 Å². The van der Waals surface area contributed by atoms with Crippen LogP contribution >= 0.6 is 15.9 Å². The molecule has 0 radical (unpaired) electrons. The van der Waals surface area contributed by atoms with Crippen LogP contribution < -0.4 is 10.1 Å². The lowest BCUT2D eigenvalue weighted by molar-refractivity contribution is -0.128. The molecule has 1 fully saturated rings. The largest absolute Gasteiger partial charge is 0.496 e. The van der Waals surface area contributed by atoms with Gasteiger partial charge >= 0.3 is 0 Å². The zero-order valence-electron chi connectivity index (χ0n) is 12.4. The van der Waals surface area contributed by atoms with Gasteiger partial charge < -0.3 is 15.0 Å². The van der Waals surface area contributed by atoms with E-state index in [0.29, 0.717) is 30.8 Å². The first-order valence-electron chi connectivity index (χ1n) is 6.76. The molecule has 1 saturated heterocycles. The number of ether oxygens (including phenoxy) is 1. The Morgan fingerprint density at radius 2 is 2.14 bits per heavy atom. The van der Waals surface area contributed by atoms with Crippen LogP contribution in [0.2, 0.25) is 0 Å². The summed E-state index contributed by atoms with van der Waals surface area (Å²) in [4.78, 5) is 26.3. The second kappa shape index (κ2) is 6.05. The molecule has 114 valence electrons. The minimum absolute atomic E-state index is 0.0272. The molecular weight excluding hydrogens is 336 g/mol. The van der Waals surface area contributed by atoms with Crippen LogP contribution in [0.5, 0.6) is 5.75 Å². The monoisotopic (exact) mass is 354 g/mol. The Morgan fingerprint density at radius 1 is 1.43 bits per heavy atom. The molecule has 0 aliphatic carbocycles. The normalized spacial score (nSPS) is 21.2. The molecule has 0 saturated carbocycles. The van der Waals surface area contributed by atoms with Gasteiger partial charge in [0.2, 0.25) is 5.91 Å². The van der Waals surface area contributed by atoms with Crippen molar-refractivity contribution in [3.63, 3.8) is 0 Å². The van der Waals surface area contributed by atoms with Crippen molar-refractivity contribution in [1.82, 2.24) is 10.2 Å². The zero-order valence-corrected chi connectivity index (χ0v) is 14.0. The standard InChI is InChI=1S/C15H19BrN2O3/c1-15(14(20)17-2)6-7-18(9-15)13(19)11-5-4-10(16)8-12(11)21-3/h4-5,8H,6-7,9H2,1-3H3,(H,17,20). The van der Waals surface area contributed by atoms with Crippen molar-refractivity contribution < 1.29 is 14.3 Å². The summed E-state index contributed by atoms with van der Waals surface area (Å²) in [6.45, 7) is 2.88. The molecule has 1 aromatic carbocycles. The van der Waals surface area contributed by atoms with Gasteiger partial charge in [-0.15, -0.1) is 0 Å². The number of amides is 2. The van der Waals surface area contributed by atoms with Gasteiger partial charge in [0.1, 0.15) is 5.75 Å². The third kappa shape index (κ3) is 3.05. The number of hydrogen-bond donors (Lipinski definition) is 1. The Hall–Kier alpha value is -1.56. The third-order valence-electron chi connectivity index (χ3n) is 3.93. The molecule has 1 N–H and O–H groups in total. The van der Waals surface area contributed by atoms with Gasteiger partial charge in [-0.1, -0.05) is 15.9 Å². The lowest BCUT2D eigenvalue weighted by Crippen LogP contribution is -2.40. The average molecular weight is 355 g/mol. The van der Waals surface area contributed by atoms with Crippen molar-refractivity contribution in [2.75, 3.05) is 27.2 Å². The first kappa shape index (κ1) is 15.8. The topological polar surface area (TPSA) is 58.6 Å². The Kier molecular flexibility index (Phi) is 4.56. The molecule has 1 unspecified atom stereocenters. The maximum Gasteiger partial charge on any atom is 0.257 e. The molecule has 0 aromatic heterocycles. The van der Waals surface area contributed by atoms with Gasteiger partial charge in [0.15, 0.2) is 0 Å². The minimum atomic E-state index is -0.521. The van der Waals surface area contributed by atoms with E-state index in [-0.39, 0.29) is 11.8 Å². The smallest absolute Gasteiger partial charge is 0.257 e. The van der Waals surface area contributed by atoms with Crippen LogP contribution in [0.25, 0.3) is 0 Å². The minimum Gasteiger partial charge on any atom is -0.496 e. The number of methoxy groups -OCH3 is 1. The number of hydrogen-bond acceptors (Lipinski definition) is 3. The highest BCUT2D eigenvalue weighted by molar-refractivity contribution is 9.10. The molecule has 2 amide bonds. The molecule has 1 aliphatic heterocycles. The number of nitrogens with one attached hydrogen (secondary N) is 1. The van der Waals surface area contributed by atoms with Crippen molar-refractivity contribution in [2.45, 2.75) is 13.3 Å².